The Kier molecular flexibility index (Phi) is 8.04. The van der Waals surface area contributed by atoms with E-state index >= 15 is 0 Å². The number of ether oxygens (including phenoxy) is 2. The van der Waals surface area contributed by atoms with Gasteiger partial charge in [-0.25, -0.2) is 9.59 Å². The standard InChI is InChI=1S/C30H45NO5/c1-5-7-19-31-27(33)36-23-14-16-28(3)22(20-23)11-12-25-24(28)15-17-29(4)21(13-18-30(25,29)34)9-8-10-26(32)35-6-2/h6,8,10,20-21,23-25,34H,2,5,7,9,11-19H2,1,3-4H3,(H,31,33)/b10-8-/t21-,23?,24?,25?,28-,29+,30-/m0/s1. The van der Waals surface area contributed by atoms with Gasteiger partial charge in [-0.2, -0.15) is 0 Å². The quantitative estimate of drug-likeness (QED) is 0.136. The van der Waals surface area contributed by atoms with E-state index in [0.717, 1.165) is 76.9 Å². The first-order chi connectivity index (χ1) is 17.2. The van der Waals surface area contributed by atoms with E-state index in [4.69, 9.17) is 9.47 Å². The molecule has 0 spiro atoms. The fourth-order valence-corrected chi connectivity index (χ4v) is 8.24. The summed E-state index contributed by atoms with van der Waals surface area (Å²) < 4.78 is 10.5. The Labute approximate surface area is 216 Å². The topological polar surface area (TPSA) is 84.9 Å². The molecule has 3 fully saturated rings. The zero-order valence-electron chi connectivity index (χ0n) is 22.4. The maximum atomic E-state index is 12.3. The number of alkyl carbamates (subject to hydrolysis) is 1. The Morgan fingerprint density at radius 3 is 2.72 bits per heavy atom. The van der Waals surface area contributed by atoms with Crippen molar-refractivity contribution < 1.29 is 24.2 Å². The summed E-state index contributed by atoms with van der Waals surface area (Å²) in [5, 5.41) is 15.1. The summed E-state index contributed by atoms with van der Waals surface area (Å²) in [7, 11) is 0. The molecule has 0 heterocycles. The maximum absolute atomic E-state index is 12.3. The zero-order valence-corrected chi connectivity index (χ0v) is 22.4. The summed E-state index contributed by atoms with van der Waals surface area (Å²) in [6.07, 6.45) is 16.8. The highest BCUT2D eigenvalue weighted by atomic mass is 16.6. The number of unbranched alkanes of at least 4 members (excludes halogenated alkanes) is 1. The lowest BCUT2D eigenvalue weighted by atomic mass is 9.45. The summed E-state index contributed by atoms with van der Waals surface area (Å²) in [5.74, 6) is 0.695. The number of allylic oxidation sites excluding steroid dienone is 2. The van der Waals surface area contributed by atoms with Crippen LogP contribution >= 0.6 is 0 Å². The molecule has 0 aliphatic heterocycles. The predicted octanol–water partition coefficient (Wildman–Crippen LogP) is 6.21. The van der Waals surface area contributed by atoms with Gasteiger partial charge in [0.05, 0.1) is 11.9 Å². The number of esters is 1. The van der Waals surface area contributed by atoms with Gasteiger partial charge in [-0.3, -0.25) is 0 Å². The van der Waals surface area contributed by atoms with Gasteiger partial charge in [-0.05, 0) is 98.9 Å². The molecule has 7 atom stereocenters. The predicted molar refractivity (Wildman–Crippen MR) is 140 cm³/mol. The summed E-state index contributed by atoms with van der Waals surface area (Å²) in [4.78, 5) is 23.9. The van der Waals surface area contributed by atoms with Crippen LogP contribution in [0.3, 0.4) is 0 Å². The van der Waals surface area contributed by atoms with Crippen LogP contribution in [0.4, 0.5) is 4.79 Å². The molecule has 0 radical (unpaired) electrons. The summed E-state index contributed by atoms with van der Waals surface area (Å²) in [6.45, 7) is 10.9. The molecule has 36 heavy (non-hydrogen) atoms. The monoisotopic (exact) mass is 499 g/mol. The smallest absolute Gasteiger partial charge is 0.407 e. The summed E-state index contributed by atoms with van der Waals surface area (Å²) in [6, 6.07) is 0. The van der Waals surface area contributed by atoms with E-state index in [0.29, 0.717) is 18.4 Å². The lowest BCUT2D eigenvalue weighted by molar-refractivity contribution is -0.184. The van der Waals surface area contributed by atoms with Crippen LogP contribution in [0.2, 0.25) is 0 Å². The van der Waals surface area contributed by atoms with Crippen LogP contribution < -0.4 is 5.32 Å². The number of nitrogens with one attached hydrogen (secondary N) is 1. The van der Waals surface area contributed by atoms with Crippen molar-refractivity contribution in [1.29, 1.82) is 0 Å². The van der Waals surface area contributed by atoms with Crippen LogP contribution in [-0.4, -0.2) is 35.4 Å². The lowest BCUT2D eigenvalue weighted by Gasteiger charge is -2.61. The second-order valence-electron chi connectivity index (χ2n) is 12.0. The molecule has 6 nitrogen and oxygen atoms in total. The number of amides is 1. The third-order valence-corrected chi connectivity index (χ3v) is 10.4. The third-order valence-electron chi connectivity index (χ3n) is 10.4. The number of fused-ring (bicyclic) bond motifs is 5. The molecule has 0 aromatic rings. The molecular formula is C30H45NO5. The number of hydrogen-bond acceptors (Lipinski definition) is 5. The van der Waals surface area contributed by atoms with Crippen molar-refractivity contribution in [2.75, 3.05) is 6.54 Å². The lowest BCUT2D eigenvalue weighted by Crippen LogP contribution is -2.60. The normalized spacial score (nSPS) is 39.4. The molecule has 6 heteroatoms. The third kappa shape index (κ3) is 4.78. The number of carbonyl (C=O) groups is 2. The van der Waals surface area contributed by atoms with Gasteiger partial charge in [0.1, 0.15) is 6.10 Å². The average molecular weight is 500 g/mol. The second kappa shape index (κ2) is 10.7. The Morgan fingerprint density at radius 2 is 1.97 bits per heavy atom. The highest BCUT2D eigenvalue weighted by molar-refractivity contribution is 5.82. The number of aliphatic hydroxyl groups is 1. The molecule has 0 aromatic carbocycles. The van der Waals surface area contributed by atoms with Gasteiger partial charge in [-0.1, -0.05) is 45.4 Å². The first-order valence-corrected chi connectivity index (χ1v) is 14.0. The SMILES string of the molecule is C=COC(=O)/C=C\C[C@H]1CC[C@]2(O)C3CCC4=CC(OC(=O)NCCCC)CC[C@]4(C)C3CC[C@]12C. The van der Waals surface area contributed by atoms with Gasteiger partial charge in [0.2, 0.25) is 0 Å². The summed E-state index contributed by atoms with van der Waals surface area (Å²) in [5.41, 5.74) is 0.670. The van der Waals surface area contributed by atoms with E-state index in [2.05, 4.69) is 38.7 Å². The molecule has 4 aliphatic rings. The Morgan fingerprint density at radius 1 is 1.17 bits per heavy atom. The van der Waals surface area contributed by atoms with Crippen LogP contribution in [0.1, 0.15) is 91.4 Å². The van der Waals surface area contributed by atoms with Crippen molar-refractivity contribution in [3.63, 3.8) is 0 Å². The molecule has 200 valence electrons. The van der Waals surface area contributed by atoms with Crippen molar-refractivity contribution in [1.82, 2.24) is 5.32 Å². The fraction of sp³-hybridized carbons (Fsp3) is 0.733. The molecule has 2 N–H and O–H groups in total. The first-order valence-electron chi connectivity index (χ1n) is 14.0. The van der Waals surface area contributed by atoms with Gasteiger partial charge in [0, 0.05) is 12.6 Å². The maximum Gasteiger partial charge on any atom is 0.407 e. The fourth-order valence-electron chi connectivity index (χ4n) is 8.24. The number of hydrogen-bond donors (Lipinski definition) is 2. The first kappa shape index (κ1) is 27.0. The van der Waals surface area contributed by atoms with Crippen molar-refractivity contribution >= 4 is 12.1 Å². The second-order valence-corrected chi connectivity index (χ2v) is 12.0. The zero-order chi connectivity index (χ0) is 26.0. The Balaban J connectivity index is 1.44. The van der Waals surface area contributed by atoms with Crippen LogP contribution in [-0.2, 0) is 14.3 Å². The Bertz CT molecular complexity index is 911. The molecule has 0 bridgehead atoms. The van der Waals surface area contributed by atoms with Crippen molar-refractivity contribution in [2.45, 2.75) is 103 Å². The Hall–Kier alpha value is -2.08. The number of carbonyl (C=O) groups excluding carboxylic acids is 2. The molecule has 0 saturated heterocycles. The summed E-state index contributed by atoms with van der Waals surface area (Å²) >= 11 is 0. The molecule has 4 aliphatic carbocycles. The highest BCUT2D eigenvalue weighted by Gasteiger charge is 2.66. The van der Waals surface area contributed by atoms with Gasteiger partial charge in [-0.15, -0.1) is 0 Å². The van der Waals surface area contributed by atoms with Crippen LogP contribution in [0.15, 0.2) is 36.6 Å². The van der Waals surface area contributed by atoms with Crippen molar-refractivity contribution in [3.05, 3.63) is 36.6 Å². The highest BCUT2D eigenvalue weighted by Crippen LogP contribution is 2.68. The molecule has 3 saturated carbocycles. The molecular weight excluding hydrogens is 454 g/mol. The van der Waals surface area contributed by atoms with Gasteiger partial charge in [0.15, 0.2) is 0 Å². The van der Waals surface area contributed by atoms with E-state index in [1.165, 1.54) is 11.6 Å². The minimum absolute atomic E-state index is 0.0605. The van der Waals surface area contributed by atoms with Crippen molar-refractivity contribution in [2.24, 2.45) is 28.6 Å². The largest absolute Gasteiger partial charge is 0.442 e. The van der Waals surface area contributed by atoms with E-state index in [1.807, 2.05) is 6.08 Å². The van der Waals surface area contributed by atoms with E-state index < -0.39 is 11.6 Å². The van der Waals surface area contributed by atoms with Crippen LogP contribution in [0.25, 0.3) is 0 Å². The molecule has 4 rings (SSSR count). The molecule has 0 aromatic heterocycles. The van der Waals surface area contributed by atoms with Gasteiger partial charge in [0.25, 0.3) is 0 Å². The van der Waals surface area contributed by atoms with Crippen LogP contribution in [0.5, 0.6) is 0 Å². The van der Waals surface area contributed by atoms with Crippen molar-refractivity contribution in [3.8, 4) is 0 Å². The average Bonchev–Trinajstić information content (AvgIpc) is 3.10. The minimum atomic E-state index is -0.670. The van der Waals surface area contributed by atoms with E-state index in [9.17, 15) is 14.7 Å². The minimum Gasteiger partial charge on any atom is -0.442 e. The van der Waals surface area contributed by atoms with Gasteiger partial charge >= 0.3 is 12.1 Å². The molecule has 3 unspecified atom stereocenters. The van der Waals surface area contributed by atoms with E-state index in [1.54, 1.807) is 0 Å². The molecule has 1 amide bonds. The van der Waals surface area contributed by atoms with Gasteiger partial charge < -0.3 is 19.9 Å². The van der Waals surface area contributed by atoms with E-state index in [-0.39, 0.29) is 28.9 Å². The number of rotatable bonds is 8. The van der Waals surface area contributed by atoms with Crippen LogP contribution in [0, 0.1) is 28.6 Å².